The molecule has 0 saturated heterocycles. The molecule has 0 radical (unpaired) electrons. The minimum absolute atomic E-state index is 0.0892. The first-order valence-corrected chi connectivity index (χ1v) is 7.60. The van der Waals surface area contributed by atoms with E-state index in [0.717, 1.165) is 49.4 Å². The fourth-order valence-electron chi connectivity index (χ4n) is 2.29. The average molecular weight is 288 g/mol. The van der Waals surface area contributed by atoms with Crippen molar-refractivity contribution in [3.63, 3.8) is 0 Å². The van der Waals surface area contributed by atoms with Gasteiger partial charge in [-0.15, -0.1) is 0 Å². The molecule has 0 aromatic heterocycles. The van der Waals surface area contributed by atoms with Crippen LogP contribution >= 0.6 is 0 Å². The summed E-state index contributed by atoms with van der Waals surface area (Å²) in [7, 11) is 1.66. The van der Waals surface area contributed by atoms with Gasteiger partial charge in [0.15, 0.2) is 0 Å². The predicted octanol–water partition coefficient (Wildman–Crippen LogP) is 3.27. The van der Waals surface area contributed by atoms with Crippen molar-refractivity contribution in [2.45, 2.75) is 39.2 Å². The van der Waals surface area contributed by atoms with Gasteiger partial charge in [-0.25, -0.2) is 0 Å². The number of methoxy groups -OCH3 is 1. The predicted molar refractivity (Wildman–Crippen MR) is 82.4 cm³/mol. The number of nitrogens with zero attached hydrogens (tertiary/aromatic N) is 1. The highest BCUT2D eigenvalue weighted by Crippen LogP contribution is 2.48. The van der Waals surface area contributed by atoms with Crippen molar-refractivity contribution >= 4 is 0 Å². The van der Waals surface area contributed by atoms with Gasteiger partial charge in [-0.05, 0) is 31.9 Å². The lowest BCUT2D eigenvalue weighted by atomic mass is 10.1. The summed E-state index contributed by atoms with van der Waals surface area (Å²) in [5, 5.41) is 12.3. The Balaban J connectivity index is 2.02. The van der Waals surface area contributed by atoms with E-state index in [4.69, 9.17) is 14.7 Å². The standard InChI is InChI=1S/C17H24N2O2/c1-3-10-19-12-14-4-5-15(20-2)11-16(14)21-13-17(6-7-17)8-9-18/h4-5,11,19H,3,6-8,10,12-13H2,1-2H3. The lowest BCUT2D eigenvalue weighted by molar-refractivity contribution is 0.233. The van der Waals surface area contributed by atoms with Crippen LogP contribution in [0.15, 0.2) is 18.2 Å². The Morgan fingerprint density at radius 1 is 1.38 bits per heavy atom. The van der Waals surface area contributed by atoms with Crippen LogP contribution in [0.4, 0.5) is 0 Å². The Labute approximate surface area is 127 Å². The Morgan fingerprint density at radius 3 is 2.81 bits per heavy atom. The van der Waals surface area contributed by atoms with Crippen LogP contribution in [0.5, 0.6) is 11.5 Å². The molecule has 0 unspecified atom stereocenters. The van der Waals surface area contributed by atoms with E-state index in [2.05, 4.69) is 18.3 Å². The van der Waals surface area contributed by atoms with Crippen LogP contribution in [0.25, 0.3) is 0 Å². The Bertz CT molecular complexity index is 504. The van der Waals surface area contributed by atoms with Gasteiger partial charge in [0.25, 0.3) is 0 Å². The quantitative estimate of drug-likeness (QED) is 0.709. The molecule has 1 N–H and O–H groups in total. The summed E-state index contributed by atoms with van der Waals surface area (Å²) < 4.78 is 11.3. The molecule has 4 nitrogen and oxygen atoms in total. The fraction of sp³-hybridized carbons (Fsp3) is 0.588. The van der Waals surface area contributed by atoms with E-state index in [1.54, 1.807) is 7.11 Å². The molecule has 0 amide bonds. The molecule has 1 fully saturated rings. The summed E-state index contributed by atoms with van der Waals surface area (Å²) in [4.78, 5) is 0. The molecule has 0 spiro atoms. The highest BCUT2D eigenvalue weighted by Gasteiger charge is 2.43. The van der Waals surface area contributed by atoms with Crippen LogP contribution in [-0.4, -0.2) is 20.3 Å². The maximum absolute atomic E-state index is 8.88. The number of hydrogen-bond acceptors (Lipinski definition) is 4. The molecule has 0 heterocycles. The topological polar surface area (TPSA) is 54.3 Å². The highest BCUT2D eigenvalue weighted by molar-refractivity contribution is 5.40. The van der Waals surface area contributed by atoms with Gasteiger partial charge >= 0.3 is 0 Å². The third-order valence-corrected chi connectivity index (χ3v) is 3.96. The largest absolute Gasteiger partial charge is 0.497 e. The zero-order valence-corrected chi connectivity index (χ0v) is 12.9. The summed E-state index contributed by atoms with van der Waals surface area (Å²) >= 11 is 0. The first kappa shape index (κ1) is 15.7. The molecule has 4 heteroatoms. The third kappa shape index (κ3) is 4.37. The number of ether oxygens (including phenoxy) is 2. The lowest BCUT2D eigenvalue weighted by Crippen LogP contribution is -2.17. The van der Waals surface area contributed by atoms with Crippen molar-refractivity contribution in [2.75, 3.05) is 20.3 Å². The van der Waals surface area contributed by atoms with Crippen LogP contribution < -0.4 is 14.8 Å². The van der Waals surface area contributed by atoms with Crippen molar-refractivity contribution in [1.29, 1.82) is 5.26 Å². The minimum atomic E-state index is 0.0892. The lowest BCUT2D eigenvalue weighted by Gasteiger charge is -2.17. The van der Waals surface area contributed by atoms with Gasteiger partial charge in [-0.3, -0.25) is 0 Å². The van der Waals surface area contributed by atoms with Crippen LogP contribution in [0.2, 0.25) is 0 Å². The number of hydrogen-bond donors (Lipinski definition) is 1. The molecule has 114 valence electrons. The Morgan fingerprint density at radius 2 is 2.19 bits per heavy atom. The van der Waals surface area contributed by atoms with Gasteiger partial charge in [0.05, 0.1) is 19.8 Å². The van der Waals surface area contributed by atoms with E-state index in [1.165, 1.54) is 0 Å². The first-order chi connectivity index (χ1) is 10.2. The molecule has 2 rings (SSSR count). The summed E-state index contributed by atoms with van der Waals surface area (Å²) in [6.45, 7) is 4.55. The van der Waals surface area contributed by atoms with Gasteiger partial charge < -0.3 is 14.8 Å². The van der Waals surface area contributed by atoms with Gasteiger partial charge in [0, 0.05) is 30.0 Å². The zero-order chi connectivity index (χ0) is 15.1. The minimum Gasteiger partial charge on any atom is -0.497 e. The van der Waals surface area contributed by atoms with Crippen LogP contribution in [-0.2, 0) is 6.54 Å². The molecule has 1 saturated carbocycles. The van der Waals surface area contributed by atoms with Crippen molar-refractivity contribution < 1.29 is 9.47 Å². The monoisotopic (exact) mass is 288 g/mol. The summed E-state index contributed by atoms with van der Waals surface area (Å²) in [6.07, 6.45) is 3.87. The van der Waals surface area contributed by atoms with Crippen molar-refractivity contribution in [1.82, 2.24) is 5.32 Å². The molecular formula is C17H24N2O2. The van der Waals surface area contributed by atoms with E-state index < -0.39 is 0 Å². The highest BCUT2D eigenvalue weighted by atomic mass is 16.5. The summed E-state index contributed by atoms with van der Waals surface area (Å²) in [6, 6.07) is 8.20. The fourth-order valence-corrected chi connectivity index (χ4v) is 2.29. The van der Waals surface area contributed by atoms with Gasteiger partial charge in [0.2, 0.25) is 0 Å². The normalized spacial score (nSPS) is 15.3. The van der Waals surface area contributed by atoms with E-state index >= 15 is 0 Å². The smallest absolute Gasteiger partial charge is 0.127 e. The number of nitrogens with one attached hydrogen (secondary N) is 1. The molecule has 1 aromatic rings. The van der Waals surface area contributed by atoms with Gasteiger partial charge in [-0.2, -0.15) is 5.26 Å². The average Bonchev–Trinajstić information content (AvgIpc) is 3.27. The van der Waals surface area contributed by atoms with Crippen LogP contribution in [0.3, 0.4) is 0 Å². The number of nitriles is 1. The van der Waals surface area contributed by atoms with Crippen molar-refractivity contribution in [3.05, 3.63) is 23.8 Å². The van der Waals surface area contributed by atoms with Crippen molar-refractivity contribution in [3.8, 4) is 17.6 Å². The van der Waals surface area contributed by atoms with Crippen molar-refractivity contribution in [2.24, 2.45) is 5.41 Å². The summed E-state index contributed by atoms with van der Waals surface area (Å²) in [5.74, 6) is 1.66. The molecule has 0 aliphatic heterocycles. The number of rotatable bonds is 9. The second-order valence-corrected chi connectivity index (χ2v) is 5.77. The van der Waals surface area contributed by atoms with Crippen LogP contribution in [0.1, 0.15) is 38.2 Å². The molecule has 0 atom stereocenters. The molecule has 1 aliphatic rings. The second kappa shape index (κ2) is 7.33. The maximum Gasteiger partial charge on any atom is 0.127 e. The zero-order valence-electron chi connectivity index (χ0n) is 12.9. The van der Waals surface area contributed by atoms with E-state index in [0.29, 0.717) is 13.0 Å². The molecule has 21 heavy (non-hydrogen) atoms. The molecule has 1 aliphatic carbocycles. The third-order valence-electron chi connectivity index (χ3n) is 3.96. The molecule has 1 aromatic carbocycles. The van der Waals surface area contributed by atoms with Crippen LogP contribution in [0, 0.1) is 16.7 Å². The van der Waals surface area contributed by atoms with E-state index in [1.807, 2.05) is 18.2 Å². The summed E-state index contributed by atoms with van der Waals surface area (Å²) in [5.41, 5.74) is 1.23. The van der Waals surface area contributed by atoms with E-state index in [9.17, 15) is 0 Å². The molecular weight excluding hydrogens is 264 g/mol. The van der Waals surface area contributed by atoms with Gasteiger partial charge in [0.1, 0.15) is 11.5 Å². The molecule has 0 bridgehead atoms. The maximum atomic E-state index is 8.88. The van der Waals surface area contributed by atoms with Gasteiger partial charge in [-0.1, -0.05) is 13.0 Å². The van der Waals surface area contributed by atoms with E-state index in [-0.39, 0.29) is 5.41 Å². The first-order valence-electron chi connectivity index (χ1n) is 7.60. The Kier molecular flexibility index (Phi) is 5.46. The second-order valence-electron chi connectivity index (χ2n) is 5.77. The SMILES string of the molecule is CCCNCc1ccc(OC)cc1OCC1(CC#N)CC1. The number of benzene rings is 1. The Hall–Kier alpha value is -1.73.